The summed E-state index contributed by atoms with van der Waals surface area (Å²) in [5.41, 5.74) is 5.35. The number of unbranched alkanes of at least 4 members (excludes halogenated alkanes) is 22. The zero-order valence-corrected chi connectivity index (χ0v) is 35.6. The number of phosphoric ester groups is 1. The number of hydrogen-bond acceptors (Lipinski definition) is 8. The average molecular weight is 784 g/mol. The van der Waals surface area contributed by atoms with Gasteiger partial charge in [-0.3, -0.25) is 18.6 Å². The van der Waals surface area contributed by atoms with Gasteiger partial charge in [0, 0.05) is 19.4 Å². The highest BCUT2D eigenvalue weighted by atomic mass is 31.2. The van der Waals surface area contributed by atoms with Crippen molar-refractivity contribution in [1.29, 1.82) is 0 Å². The van der Waals surface area contributed by atoms with E-state index < -0.39 is 32.5 Å². The number of carbonyl (C=O) groups is 2. The molecule has 0 aromatic rings. The van der Waals surface area contributed by atoms with Gasteiger partial charge in [0.1, 0.15) is 6.61 Å². The highest BCUT2D eigenvalue weighted by Crippen LogP contribution is 2.43. The third-order valence-electron chi connectivity index (χ3n) is 9.25. The molecule has 10 heteroatoms. The number of nitrogens with two attached hydrogens (primary N) is 1. The molecular formula is C44H82NO8P. The van der Waals surface area contributed by atoms with Gasteiger partial charge in [-0.05, 0) is 70.6 Å². The standard InChI is InChI=1S/C44H82NO8P/c1-3-5-7-9-11-13-15-17-19-20-21-22-23-25-27-29-31-33-35-37-44(47)53-42(41-52-54(48,49)51-39-38-45)40-50-43(46)36-34-32-30-28-26-24-18-16-14-12-10-8-6-4-2/h11,13,16-19,42H,3-10,12,14-15,20-41,45H2,1-2H3,(H,48,49)/b13-11+,18-16+,19-17+/t42-/m1/s1. The van der Waals surface area contributed by atoms with Crippen LogP contribution in [0.2, 0.25) is 0 Å². The summed E-state index contributed by atoms with van der Waals surface area (Å²) >= 11 is 0. The minimum atomic E-state index is -4.38. The van der Waals surface area contributed by atoms with Crippen LogP contribution in [0.3, 0.4) is 0 Å². The largest absolute Gasteiger partial charge is 0.472 e. The zero-order chi connectivity index (χ0) is 39.6. The van der Waals surface area contributed by atoms with Gasteiger partial charge < -0.3 is 20.1 Å². The van der Waals surface area contributed by atoms with Crippen LogP contribution < -0.4 is 5.73 Å². The van der Waals surface area contributed by atoms with E-state index >= 15 is 0 Å². The van der Waals surface area contributed by atoms with E-state index in [1.54, 1.807) is 0 Å². The molecule has 0 bridgehead atoms. The lowest BCUT2D eigenvalue weighted by Gasteiger charge is -2.19. The van der Waals surface area contributed by atoms with Crippen LogP contribution in [0.5, 0.6) is 0 Å². The van der Waals surface area contributed by atoms with E-state index in [1.165, 1.54) is 96.3 Å². The summed E-state index contributed by atoms with van der Waals surface area (Å²) in [6.07, 6.45) is 44.5. The minimum Gasteiger partial charge on any atom is -0.462 e. The molecule has 2 atom stereocenters. The lowest BCUT2D eigenvalue weighted by atomic mass is 10.1. The van der Waals surface area contributed by atoms with E-state index in [0.29, 0.717) is 6.42 Å². The van der Waals surface area contributed by atoms with Crippen LogP contribution in [-0.4, -0.2) is 49.3 Å². The molecule has 0 heterocycles. The van der Waals surface area contributed by atoms with Crippen molar-refractivity contribution in [3.05, 3.63) is 36.5 Å². The van der Waals surface area contributed by atoms with Crippen molar-refractivity contribution in [3.63, 3.8) is 0 Å². The van der Waals surface area contributed by atoms with E-state index in [-0.39, 0.29) is 32.6 Å². The highest BCUT2D eigenvalue weighted by molar-refractivity contribution is 7.47. The molecule has 54 heavy (non-hydrogen) atoms. The quantitative estimate of drug-likeness (QED) is 0.0269. The first kappa shape index (κ1) is 52.2. The van der Waals surface area contributed by atoms with Crippen LogP contribution in [0.25, 0.3) is 0 Å². The summed E-state index contributed by atoms with van der Waals surface area (Å²) in [5.74, 6) is -0.841. The lowest BCUT2D eigenvalue weighted by molar-refractivity contribution is -0.161. The second kappa shape index (κ2) is 40.9. The molecule has 3 N–H and O–H groups in total. The first-order valence-corrected chi connectivity index (χ1v) is 23.5. The molecule has 0 spiro atoms. The van der Waals surface area contributed by atoms with Crippen molar-refractivity contribution in [1.82, 2.24) is 0 Å². The zero-order valence-electron chi connectivity index (χ0n) is 34.7. The van der Waals surface area contributed by atoms with Crippen molar-refractivity contribution in [2.24, 2.45) is 5.73 Å². The molecule has 1 unspecified atom stereocenters. The van der Waals surface area contributed by atoms with Crippen molar-refractivity contribution in [2.45, 2.75) is 206 Å². The molecule has 0 saturated heterocycles. The molecule has 0 amide bonds. The highest BCUT2D eigenvalue weighted by Gasteiger charge is 2.26. The third kappa shape index (κ3) is 39.9. The van der Waals surface area contributed by atoms with Gasteiger partial charge in [0.15, 0.2) is 6.10 Å². The second-order valence-electron chi connectivity index (χ2n) is 14.6. The molecule has 0 aliphatic heterocycles. The van der Waals surface area contributed by atoms with Crippen molar-refractivity contribution >= 4 is 19.8 Å². The Morgan fingerprint density at radius 1 is 0.556 bits per heavy atom. The van der Waals surface area contributed by atoms with Gasteiger partial charge in [0.05, 0.1) is 13.2 Å². The van der Waals surface area contributed by atoms with E-state index in [4.69, 9.17) is 24.3 Å². The molecule has 0 aliphatic carbocycles. The van der Waals surface area contributed by atoms with Crippen LogP contribution >= 0.6 is 7.82 Å². The van der Waals surface area contributed by atoms with Crippen molar-refractivity contribution in [2.75, 3.05) is 26.4 Å². The normalized spacial score (nSPS) is 13.6. The number of carbonyl (C=O) groups excluding carboxylic acids is 2. The molecule has 0 saturated carbocycles. The van der Waals surface area contributed by atoms with E-state index in [2.05, 4.69) is 50.3 Å². The van der Waals surface area contributed by atoms with E-state index in [9.17, 15) is 19.0 Å². The van der Waals surface area contributed by atoms with Crippen molar-refractivity contribution < 1.29 is 37.6 Å². The molecule has 0 aromatic carbocycles. The van der Waals surface area contributed by atoms with Gasteiger partial charge in [0.2, 0.25) is 0 Å². The van der Waals surface area contributed by atoms with Gasteiger partial charge in [-0.25, -0.2) is 4.57 Å². The molecule has 9 nitrogen and oxygen atoms in total. The van der Waals surface area contributed by atoms with Crippen LogP contribution in [0, 0.1) is 0 Å². The Bertz CT molecular complexity index is 986. The summed E-state index contributed by atoms with van der Waals surface area (Å²) in [7, 11) is -4.38. The predicted molar refractivity (Wildman–Crippen MR) is 224 cm³/mol. The fourth-order valence-electron chi connectivity index (χ4n) is 5.95. The maximum atomic E-state index is 12.6. The first-order valence-electron chi connectivity index (χ1n) is 22.0. The Hall–Kier alpha value is -1.77. The van der Waals surface area contributed by atoms with E-state index in [0.717, 1.165) is 70.6 Å². The van der Waals surface area contributed by atoms with Gasteiger partial charge in [-0.2, -0.15) is 0 Å². The van der Waals surface area contributed by atoms with Gasteiger partial charge >= 0.3 is 19.8 Å². The monoisotopic (exact) mass is 784 g/mol. The summed E-state index contributed by atoms with van der Waals surface area (Å²) in [6, 6.07) is 0. The summed E-state index contributed by atoms with van der Waals surface area (Å²) in [5, 5.41) is 0. The molecule has 0 radical (unpaired) electrons. The topological polar surface area (TPSA) is 134 Å². The summed E-state index contributed by atoms with van der Waals surface area (Å²) in [4.78, 5) is 34.9. The molecule has 0 rings (SSSR count). The van der Waals surface area contributed by atoms with Gasteiger partial charge in [-0.15, -0.1) is 0 Å². The molecular weight excluding hydrogens is 701 g/mol. The number of phosphoric acid groups is 1. The maximum absolute atomic E-state index is 12.6. The Balaban J connectivity index is 4.15. The maximum Gasteiger partial charge on any atom is 0.472 e. The van der Waals surface area contributed by atoms with Crippen LogP contribution in [0.1, 0.15) is 200 Å². The molecule has 0 aromatic heterocycles. The number of allylic oxidation sites excluding steroid dienone is 6. The lowest BCUT2D eigenvalue weighted by Crippen LogP contribution is -2.29. The second-order valence-corrected chi connectivity index (χ2v) is 16.0. The number of esters is 2. The number of hydrogen-bond donors (Lipinski definition) is 2. The molecule has 0 fully saturated rings. The smallest absolute Gasteiger partial charge is 0.462 e. The average Bonchev–Trinajstić information content (AvgIpc) is 3.16. The Morgan fingerprint density at radius 2 is 0.963 bits per heavy atom. The molecule has 316 valence electrons. The van der Waals surface area contributed by atoms with Crippen molar-refractivity contribution in [3.8, 4) is 0 Å². The fraction of sp³-hybridized carbons (Fsp3) is 0.818. The SMILES string of the molecule is CCCCC/C=C/C/C=C/CCCCCCCCCCCC(=O)O[C@H](COC(=O)CCCCCCC/C=C/CCCCCCC)COP(=O)(O)OCCN. The first-order chi connectivity index (χ1) is 26.3. The molecule has 0 aliphatic rings. The van der Waals surface area contributed by atoms with Crippen LogP contribution in [-0.2, 0) is 32.7 Å². The van der Waals surface area contributed by atoms with Crippen LogP contribution in [0.4, 0.5) is 0 Å². The number of rotatable bonds is 41. The Morgan fingerprint density at radius 3 is 1.46 bits per heavy atom. The predicted octanol–water partition coefficient (Wildman–Crippen LogP) is 12.6. The van der Waals surface area contributed by atoms with Gasteiger partial charge in [-0.1, -0.05) is 153 Å². The third-order valence-corrected chi connectivity index (χ3v) is 10.2. The Kier molecular flexibility index (Phi) is 39.5. The Labute approximate surface area is 331 Å². The minimum absolute atomic E-state index is 0.0514. The van der Waals surface area contributed by atoms with E-state index in [1.807, 2.05) is 0 Å². The van der Waals surface area contributed by atoms with Crippen LogP contribution in [0.15, 0.2) is 36.5 Å². The summed E-state index contributed by atoms with van der Waals surface area (Å²) in [6.45, 7) is 3.69. The fourth-order valence-corrected chi connectivity index (χ4v) is 6.72. The van der Waals surface area contributed by atoms with Gasteiger partial charge in [0.25, 0.3) is 0 Å². The number of ether oxygens (including phenoxy) is 2. The summed E-state index contributed by atoms with van der Waals surface area (Å²) < 4.78 is 32.8.